The topological polar surface area (TPSA) is 92.4 Å². The molecule has 0 saturated heterocycles. The first-order chi connectivity index (χ1) is 8.92. The van der Waals surface area contributed by atoms with Crippen molar-refractivity contribution in [3.05, 3.63) is 29.6 Å². The van der Waals surface area contributed by atoms with E-state index in [2.05, 4.69) is 5.32 Å². The van der Waals surface area contributed by atoms with Crippen molar-refractivity contribution in [2.24, 2.45) is 5.73 Å². The summed E-state index contributed by atoms with van der Waals surface area (Å²) in [5.74, 6) is -2.19. The molecule has 0 spiro atoms. The van der Waals surface area contributed by atoms with E-state index in [4.69, 9.17) is 5.73 Å². The van der Waals surface area contributed by atoms with Gasteiger partial charge in [0, 0.05) is 5.69 Å². The van der Waals surface area contributed by atoms with Crippen LogP contribution in [0.25, 0.3) is 0 Å². The molecule has 6 heteroatoms. The molecule has 1 aliphatic rings. The summed E-state index contributed by atoms with van der Waals surface area (Å²) in [5.41, 5.74) is 3.59. The Balaban J connectivity index is 2.17. The highest BCUT2D eigenvalue weighted by Gasteiger charge is 2.38. The zero-order valence-electron chi connectivity index (χ0n) is 10.3. The fourth-order valence-electron chi connectivity index (χ4n) is 2.23. The molecule has 0 aromatic heterocycles. The molecule has 1 saturated carbocycles. The van der Waals surface area contributed by atoms with E-state index in [1.54, 1.807) is 0 Å². The van der Waals surface area contributed by atoms with Gasteiger partial charge < -0.3 is 16.2 Å². The van der Waals surface area contributed by atoms with Crippen molar-refractivity contribution < 1.29 is 19.1 Å². The van der Waals surface area contributed by atoms with Crippen LogP contribution < -0.4 is 11.1 Å². The van der Waals surface area contributed by atoms with E-state index in [9.17, 15) is 19.1 Å². The highest BCUT2D eigenvalue weighted by molar-refractivity contribution is 5.99. The molecule has 0 bridgehead atoms. The van der Waals surface area contributed by atoms with Crippen LogP contribution in [0.15, 0.2) is 18.2 Å². The number of rotatable bonds is 3. The van der Waals surface area contributed by atoms with Crippen molar-refractivity contribution in [1.29, 1.82) is 0 Å². The van der Waals surface area contributed by atoms with Crippen LogP contribution in [-0.2, 0) is 4.79 Å². The quantitative estimate of drug-likeness (QED) is 0.766. The minimum Gasteiger partial charge on any atom is -0.380 e. The maximum Gasteiger partial charge on any atom is 0.256 e. The molecule has 0 atom stereocenters. The van der Waals surface area contributed by atoms with E-state index in [0.717, 1.165) is 25.0 Å². The molecule has 2 amide bonds. The lowest BCUT2D eigenvalue weighted by atomic mass is 10.0. The Kier molecular flexibility index (Phi) is 3.53. The van der Waals surface area contributed by atoms with Gasteiger partial charge in [-0.15, -0.1) is 0 Å². The predicted molar refractivity (Wildman–Crippen MR) is 67.0 cm³/mol. The molecule has 0 heterocycles. The third-order valence-corrected chi connectivity index (χ3v) is 3.34. The summed E-state index contributed by atoms with van der Waals surface area (Å²) in [6.45, 7) is 0. The van der Waals surface area contributed by atoms with Crippen molar-refractivity contribution in [2.75, 3.05) is 5.32 Å². The number of halogens is 1. The lowest BCUT2D eigenvalue weighted by Crippen LogP contribution is -2.40. The molecular formula is C13H15FN2O3. The van der Waals surface area contributed by atoms with Gasteiger partial charge in [0.2, 0.25) is 0 Å². The maximum atomic E-state index is 13.3. The van der Waals surface area contributed by atoms with Crippen LogP contribution in [-0.4, -0.2) is 22.5 Å². The van der Waals surface area contributed by atoms with Crippen LogP contribution >= 0.6 is 0 Å². The third kappa shape index (κ3) is 2.73. The van der Waals surface area contributed by atoms with Crippen LogP contribution in [0.2, 0.25) is 0 Å². The molecule has 1 aliphatic carbocycles. The number of nitrogens with two attached hydrogens (primary N) is 1. The largest absolute Gasteiger partial charge is 0.380 e. The van der Waals surface area contributed by atoms with Crippen LogP contribution in [0.3, 0.4) is 0 Å². The summed E-state index contributed by atoms with van der Waals surface area (Å²) in [7, 11) is 0. The second-order valence-corrected chi connectivity index (χ2v) is 4.75. The Morgan fingerprint density at radius 3 is 2.53 bits per heavy atom. The normalized spacial score (nSPS) is 17.2. The summed E-state index contributed by atoms with van der Waals surface area (Å²) in [5, 5.41) is 12.6. The molecule has 4 N–H and O–H groups in total. The van der Waals surface area contributed by atoms with Gasteiger partial charge in [-0.05, 0) is 43.9 Å². The standard InChI is InChI=1S/C13H15FN2O3/c14-10-4-3-8(7-9(10)11(15)17)16-12(18)13(19)5-1-2-6-13/h3-4,7,19H,1-2,5-6H2,(H2,15,17)(H,16,18). The van der Waals surface area contributed by atoms with Gasteiger partial charge in [0.25, 0.3) is 11.8 Å². The molecule has 1 aromatic rings. The molecular weight excluding hydrogens is 251 g/mol. The van der Waals surface area contributed by atoms with Crippen molar-refractivity contribution in [2.45, 2.75) is 31.3 Å². The van der Waals surface area contributed by atoms with Gasteiger partial charge in [0.15, 0.2) is 0 Å². The van der Waals surface area contributed by atoms with Crippen LogP contribution in [0.5, 0.6) is 0 Å². The lowest BCUT2D eigenvalue weighted by Gasteiger charge is -2.21. The Bertz CT molecular complexity index is 525. The molecule has 0 aliphatic heterocycles. The Morgan fingerprint density at radius 2 is 1.95 bits per heavy atom. The highest BCUT2D eigenvalue weighted by Crippen LogP contribution is 2.30. The number of nitrogens with one attached hydrogen (secondary N) is 1. The second kappa shape index (κ2) is 4.97. The fourth-order valence-corrected chi connectivity index (χ4v) is 2.23. The van der Waals surface area contributed by atoms with Crippen LogP contribution in [0, 0.1) is 5.82 Å². The van der Waals surface area contributed by atoms with Gasteiger partial charge in [-0.25, -0.2) is 4.39 Å². The van der Waals surface area contributed by atoms with Gasteiger partial charge in [-0.1, -0.05) is 0 Å². The van der Waals surface area contributed by atoms with E-state index < -0.39 is 23.2 Å². The van der Waals surface area contributed by atoms with Gasteiger partial charge in [-0.2, -0.15) is 0 Å². The monoisotopic (exact) mass is 266 g/mol. The minimum absolute atomic E-state index is 0.237. The molecule has 0 unspecified atom stereocenters. The number of carbonyl (C=O) groups is 2. The summed E-state index contributed by atoms with van der Waals surface area (Å²) in [6, 6.07) is 3.53. The average molecular weight is 266 g/mol. The third-order valence-electron chi connectivity index (χ3n) is 3.34. The van der Waals surface area contributed by atoms with E-state index in [-0.39, 0.29) is 11.3 Å². The van der Waals surface area contributed by atoms with Crippen LogP contribution in [0.1, 0.15) is 36.0 Å². The van der Waals surface area contributed by atoms with Gasteiger partial charge >= 0.3 is 0 Å². The minimum atomic E-state index is -1.37. The number of primary amides is 1. The Labute approximate surface area is 109 Å². The molecule has 102 valence electrons. The lowest BCUT2D eigenvalue weighted by molar-refractivity contribution is -0.133. The van der Waals surface area contributed by atoms with E-state index >= 15 is 0 Å². The van der Waals surface area contributed by atoms with Crippen molar-refractivity contribution in [3.8, 4) is 0 Å². The maximum absolute atomic E-state index is 13.3. The first-order valence-corrected chi connectivity index (χ1v) is 6.05. The van der Waals surface area contributed by atoms with Crippen molar-refractivity contribution in [1.82, 2.24) is 0 Å². The summed E-state index contributed by atoms with van der Waals surface area (Å²) >= 11 is 0. The zero-order chi connectivity index (χ0) is 14.0. The van der Waals surface area contributed by atoms with Gasteiger partial charge in [-0.3, -0.25) is 9.59 Å². The number of hydrogen-bond acceptors (Lipinski definition) is 3. The number of amides is 2. The number of anilines is 1. The van der Waals surface area contributed by atoms with E-state index in [0.29, 0.717) is 12.8 Å². The Morgan fingerprint density at radius 1 is 1.32 bits per heavy atom. The zero-order valence-corrected chi connectivity index (χ0v) is 10.3. The second-order valence-electron chi connectivity index (χ2n) is 4.75. The molecule has 1 fully saturated rings. The summed E-state index contributed by atoms with van der Waals surface area (Å²) < 4.78 is 13.3. The highest BCUT2D eigenvalue weighted by atomic mass is 19.1. The number of benzene rings is 1. The summed E-state index contributed by atoms with van der Waals surface area (Å²) in [4.78, 5) is 22.9. The number of carbonyl (C=O) groups excluding carboxylic acids is 2. The van der Waals surface area contributed by atoms with Crippen LogP contribution in [0.4, 0.5) is 10.1 Å². The predicted octanol–water partition coefficient (Wildman–Crippen LogP) is 1.17. The van der Waals surface area contributed by atoms with Gasteiger partial charge in [0.05, 0.1) is 5.56 Å². The number of hydrogen-bond donors (Lipinski definition) is 3. The van der Waals surface area contributed by atoms with Crippen molar-refractivity contribution in [3.63, 3.8) is 0 Å². The van der Waals surface area contributed by atoms with Gasteiger partial charge in [0.1, 0.15) is 11.4 Å². The molecule has 19 heavy (non-hydrogen) atoms. The smallest absolute Gasteiger partial charge is 0.256 e. The molecule has 5 nitrogen and oxygen atoms in total. The Hall–Kier alpha value is -1.95. The molecule has 2 rings (SSSR count). The average Bonchev–Trinajstić information content (AvgIpc) is 2.79. The van der Waals surface area contributed by atoms with E-state index in [1.807, 2.05) is 0 Å². The summed E-state index contributed by atoms with van der Waals surface area (Å²) in [6.07, 6.45) is 2.39. The first kappa shape index (κ1) is 13.5. The number of aliphatic hydroxyl groups is 1. The van der Waals surface area contributed by atoms with E-state index in [1.165, 1.54) is 6.07 Å². The molecule has 0 radical (unpaired) electrons. The molecule has 1 aromatic carbocycles. The van der Waals surface area contributed by atoms with Crippen molar-refractivity contribution >= 4 is 17.5 Å². The fraction of sp³-hybridized carbons (Fsp3) is 0.385. The first-order valence-electron chi connectivity index (χ1n) is 6.05. The SMILES string of the molecule is NC(=O)c1cc(NC(=O)C2(O)CCCC2)ccc1F.